The number of hydrogen-bond donors (Lipinski definition) is 1. The zero-order valence-electron chi connectivity index (χ0n) is 11.0. The van der Waals surface area contributed by atoms with Crippen LogP contribution in [0.25, 0.3) is 0 Å². The van der Waals surface area contributed by atoms with Gasteiger partial charge in [-0.15, -0.1) is 0 Å². The van der Waals surface area contributed by atoms with Crippen molar-refractivity contribution in [3.05, 3.63) is 28.6 Å². The fourth-order valence-corrected chi connectivity index (χ4v) is 2.59. The van der Waals surface area contributed by atoms with Crippen LogP contribution in [-0.4, -0.2) is 27.5 Å². The number of hydrogen-bond acceptors (Lipinski definition) is 5. The Kier molecular flexibility index (Phi) is 5.40. The van der Waals surface area contributed by atoms with Crippen LogP contribution >= 0.6 is 11.8 Å². The number of thioether (sulfide) groups is 1. The van der Waals surface area contributed by atoms with E-state index in [1.54, 1.807) is 24.0 Å². The number of nitro groups is 1. The van der Waals surface area contributed by atoms with Crippen molar-refractivity contribution in [3.63, 3.8) is 0 Å². The Bertz CT molecular complexity index is 400. The summed E-state index contributed by atoms with van der Waals surface area (Å²) in [5.41, 5.74) is 0.565. The van der Waals surface area contributed by atoms with E-state index in [0.29, 0.717) is 12.2 Å². The lowest BCUT2D eigenvalue weighted by molar-refractivity contribution is -0.384. The van der Waals surface area contributed by atoms with Gasteiger partial charge in [-0.05, 0) is 25.2 Å². The molecule has 0 aliphatic rings. The lowest BCUT2D eigenvalue weighted by atomic mass is 10.0. The number of anilines is 1. The Labute approximate surface area is 112 Å². The fourth-order valence-electron chi connectivity index (χ4n) is 1.80. The van der Waals surface area contributed by atoms with E-state index in [9.17, 15) is 10.1 Å². The van der Waals surface area contributed by atoms with Crippen molar-refractivity contribution in [2.75, 3.05) is 18.1 Å². The van der Waals surface area contributed by atoms with Gasteiger partial charge in [0.15, 0.2) is 0 Å². The molecule has 0 aliphatic heterocycles. The fraction of sp³-hybridized carbons (Fsp3) is 0.583. The molecular formula is C12H19N3O2S. The summed E-state index contributed by atoms with van der Waals surface area (Å²) in [6.07, 6.45) is 6.97. The predicted octanol–water partition coefficient (Wildman–Crippen LogP) is 3.32. The van der Waals surface area contributed by atoms with Gasteiger partial charge in [0.2, 0.25) is 0 Å². The summed E-state index contributed by atoms with van der Waals surface area (Å²) in [5.74, 6) is 0. The first-order valence-electron chi connectivity index (χ1n) is 5.96. The molecule has 1 rings (SSSR count). The zero-order valence-corrected chi connectivity index (χ0v) is 11.8. The summed E-state index contributed by atoms with van der Waals surface area (Å²) in [4.78, 5) is 14.3. The molecule has 0 saturated heterocycles. The molecule has 0 saturated carbocycles. The van der Waals surface area contributed by atoms with E-state index in [1.165, 1.54) is 6.20 Å². The summed E-state index contributed by atoms with van der Waals surface area (Å²) in [6.45, 7) is 5.00. The van der Waals surface area contributed by atoms with Crippen molar-refractivity contribution in [1.29, 1.82) is 0 Å². The molecule has 6 heteroatoms. The van der Waals surface area contributed by atoms with Crippen LogP contribution < -0.4 is 5.32 Å². The Morgan fingerprint density at radius 3 is 2.67 bits per heavy atom. The smallest absolute Gasteiger partial charge is 0.310 e. The molecule has 0 amide bonds. The van der Waals surface area contributed by atoms with E-state index >= 15 is 0 Å². The second-order valence-electron chi connectivity index (χ2n) is 4.10. The minimum atomic E-state index is -0.409. The molecule has 1 heterocycles. The van der Waals surface area contributed by atoms with Crippen molar-refractivity contribution in [1.82, 2.24) is 4.98 Å². The van der Waals surface area contributed by atoms with Crippen molar-refractivity contribution >= 4 is 23.1 Å². The van der Waals surface area contributed by atoms with Gasteiger partial charge in [0.05, 0.1) is 4.92 Å². The SMILES string of the molecule is CCC(CC)(CNc1ccncc1[N+](=O)[O-])SC. The van der Waals surface area contributed by atoms with Crippen molar-refractivity contribution in [2.24, 2.45) is 0 Å². The maximum atomic E-state index is 10.9. The molecule has 0 bridgehead atoms. The predicted molar refractivity (Wildman–Crippen MR) is 76.2 cm³/mol. The molecule has 0 atom stereocenters. The van der Waals surface area contributed by atoms with Gasteiger partial charge in [-0.25, -0.2) is 0 Å². The van der Waals surface area contributed by atoms with E-state index in [0.717, 1.165) is 12.8 Å². The van der Waals surface area contributed by atoms with E-state index in [-0.39, 0.29) is 10.4 Å². The minimum absolute atomic E-state index is 0.0275. The first-order valence-corrected chi connectivity index (χ1v) is 7.18. The molecule has 100 valence electrons. The van der Waals surface area contributed by atoms with Gasteiger partial charge in [0.25, 0.3) is 0 Å². The highest BCUT2D eigenvalue weighted by Gasteiger charge is 2.25. The lowest BCUT2D eigenvalue weighted by Crippen LogP contribution is -2.32. The monoisotopic (exact) mass is 269 g/mol. The number of aromatic nitrogens is 1. The second kappa shape index (κ2) is 6.58. The number of nitrogens with one attached hydrogen (secondary N) is 1. The number of pyridine rings is 1. The molecule has 1 N–H and O–H groups in total. The molecule has 0 spiro atoms. The van der Waals surface area contributed by atoms with Gasteiger partial charge < -0.3 is 5.32 Å². The van der Waals surface area contributed by atoms with Crippen molar-refractivity contribution < 1.29 is 4.92 Å². The molecule has 0 aliphatic carbocycles. The van der Waals surface area contributed by atoms with Gasteiger partial charge >= 0.3 is 5.69 Å². The highest BCUT2D eigenvalue weighted by atomic mass is 32.2. The van der Waals surface area contributed by atoms with Crippen molar-refractivity contribution in [2.45, 2.75) is 31.4 Å². The maximum Gasteiger partial charge on any atom is 0.310 e. The standard InChI is InChI=1S/C12H19N3O2S/c1-4-12(5-2,18-3)9-14-10-6-7-13-8-11(10)15(16)17/h6-8H,4-5,9H2,1-3H3,(H,13,14). The third kappa shape index (κ3) is 3.35. The van der Waals surface area contributed by atoms with E-state index in [1.807, 2.05) is 0 Å². The first-order chi connectivity index (χ1) is 8.58. The quantitative estimate of drug-likeness (QED) is 0.607. The highest BCUT2D eigenvalue weighted by molar-refractivity contribution is 8.00. The van der Waals surface area contributed by atoms with E-state index < -0.39 is 4.92 Å². The Morgan fingerprint density at radius 2 is 2.17 bits per heavy atom. The Hall–Kier alpha value is -1.30. The van der Waals surface area contributed by atoms with Crippen LogP contribution in [0.4, 0.5) is 11.4 Å². The number of nitrogens with zero attached hydrogens (tertiary/aromatic N) is 2. The summed E-state index contributed by atoms with van der Waals surface area (Å²) < 4.78 is 0.122. The normalized spacial score (nSPS) is 11.3. The van der Waals surface area contributed by atoms with Gasteiger partial charge in [-0.3, -0.25) is 15.1 Å². The van der Waals surface area contributed by atoms with Crippen LogP contribution in [0.2, 0.25) is 0 Å². The molecule has 0 radical (unpaired) electrons. The van der Waals surface area contributed by atoms with E-state index in [2.05, 4.69) is 30.4 Å². The summed E-state index contributed by atoms with van der Waals surface area (Å²) >= 11 is 1.80. The van der Waals surface area contributed by atoms with Crippen molar-refractivity contribution in [3.8, 4) is 0 Å². The Balaban J connectivity index is 2.83. The molecule has 1 aromatic rings. The maximum absolute atomic E-state index is 10.9. The average Bonchev–Trinajstić information content (AvgIpc) is 2.41. The average molecular weight is 269 g/mol. The largest absolute Gasteiger partial charge is 0.378 e. The molecule has 0 unspecified atom stereocenters. The van der Waals surface area contributed by atoms with Gasteiger partial charge in [0.1, 0.15) is 11.9 Å². The topological polar surface area (TPSA) is 68.1 Å². The Morgan fingerprint density at radius 1 is 1.50 bits per heavy atom. The van der Waals surface area contributed by atoms with Gasteiger partial charge in [-0.1, -0.05) is 13.8 Å². The first kappa shape index (κ1) is 14.8. The third-order valence-corrected chi connectivity index (χ3v) is 4.91. The molecular weight excluding hydrogens is 250 g/mol. The third-order valence-electron chi connectivity index (χ3n) is 3.32. The highest BCUT2D eigenvalue weighted by Crippen LogP contribution is 2.32. The molecule has 1 aromatic heterocycles. The summed E-state index contributed by atoms with van der Waals surface area (Å²) in [5, 5.41) is 14.1. The van der Waals surface area contributed by atoms with Crippen LogP contribution in [0.3, 0.4) is 0 Å². The molecule has 5 nitrogen and oxygen atoms in total. The molecule has 18 heavy (non-hydrogen) atoms. The number of rotatable bonds is 7. The van der Waals surface area contributed by atoms with Crippen LogP contribution in [0.5, 0.6) is 0 Å². The second-order valence-corrected chi connectivity index (χ2v) is 5.37. The van der Waals surface area contributed by atoms with Crippen LogP contribution in [-0.2, 0) is 0 Å². The summed E-state index contributed by atoms with van der Waals surface area (Å²) in [7, 11) is 0. The van der Waals surface area contributed by atoms with Gasteiger partial charge in [-0.2, -0.15) is 11.8 Å². The van der Waals surface area contributed by atoms with E-state index in [4.69, 9.17) is 0 Å². The molecule has 0 fully saturated rings. The summed E-state index contributed by atoms with van der Waals surface area (Å²) in [6, 6.07) is 1.65. The lowest BCUT2D eigenvalue weighted by Gasteiger charge is -2.30. The molecule has 0 aromatic carbocycles. The van der Waals surface area contributed by atoms with Crippen LogP contribution in [0.15, 0.2) is 18.5 Å². The van der Waals surface area contributed by atoms with Crippen LogP contribution in [0, 0.1) is 10.1 Å². The minimum Gasteiger partial charge on any atom is -0.378 e. The zero-order chi connectivity index (χ0) is 13.6. The van der Waals surface area contributed by atoms with Crippen LogP contribution in [0.1, 0.15) is 26.7 Å². The van der Waals surface area contributed by atoms with Gasteiger partial charge in [0, 0.05) is 17.5 Å².